The Kier molecular flexibility index (Phi) is 5.02. The third-order valence-corrected chi connectivity index (χ3v) is 4.49. The number of nitrogens with one attached hydrogen (secondary N) is 1. The maximum absolute atomic E-state index is 13.1. The number of halogens is 1. The zero-order valence-corrected chi connectivity index (χ0v) is 14.7. The van der Waals surface area contributed by atoms with Crippen LogP contribution < -0.4 is 5.32 Å². The van der Waals surface area contributed by atoms with Gasteiger partial charge in [0.15, 0.2) is 5.69 Å². The second kappa shape index (κ2) is 7.75. The van der Waals surface area contributed by atoms with Gasteiger partial charge in [0.05, 0.1) is 19.4 Å². The lowest BCUT2D eigenvalue weighted by Gasteiger charge is -2.20. The van der Waals surface area contributed by atoms with Crippen LogP contribution in [0.2, 0.25) is 0 Å². The van der Waals surface area contributed by atoms with Crippen LogP contribution in [-0.4, -0.2) is 21.8 Å². The first-order valence-corrected chi connectivity index (χ1v) is 8.91. The smallest absolute Gasteiger partial charge is 0.273 e. The van der Waals surface area contributed by atoms with Crippen LogP contribution in [0.4, 0.5) is 4.39 Å². The fourth-order valence-corrected chi connectivity index (χ4v) is 2.91. The van der Waals surface area contributed by atoms with E-state index in [1.807, 2.05) is 0 Å². The van der Waals surface area contributed by atoms with Gasteiger partial charge in [0.2, 0.25) is 5.89 Å². The van der Waals surface area contributed by atoms with E-state index in [1.54, 1.807) is 30.5 Å². The molecule has 0 aliphatic heterocycles. The average molecular weight is 369 g/mol. The van der Waals surface area contributed by atoms with Gasteiger partial charge in [-0.25, -0.2) is 9.37 Å². The summed E-state index contributed by atoms with van der Waals surface area (Å²) < 4.78 is 23.8. The van der Waals surface area contributed by atoms with E-state index in [0.717, 1.165) is 18.4 Å². The molecule has 2 aromatic heterocycles. The number of oxazole rings is 1. The molecule has 0 radical (unpaired) electrons. The van der Waals surface area contributed by atoms with Crippen molar-refractivity contribution in [2.24, 2.45) is 0 Å². The number of aromatic nitrogens is 1. The maximum atomic E-state index is 13.1. The van der Waals surface area contributed by atoms with Crippen molar-refractivity contribution in [2.45, 2.75) is 38.5 Å². The van der Waals surface area contributed by atoms with E-state index in [-0.39, 0.29) is 17.4 Å². The lowest BCUT2D eigenvalue weighted by Crippen LogP contribution is -2.26. The average Bonchev–Trinajstić information content (AvgIpc) is 3.19. The van der Waals surface area contributed by atoms with E-state index in [9.17, 15) is 9.18 Å². The summed E-state index contributed by atoms with van der Waals surface area (Å²) in [5.41, 5.74) is 1.28. The highest BCUT2D eigenvalue weighted by atomic mass is 19.1. The molecule has 0 saturated heterocycles. The van der Waals surface area contributed by atoms with Crippen molar-refractivity contribution < 1.29 is 18.0 Å². The molecular weight excluding hydrogens is 349 g/mol. The molecule has 2 heterocycles. The normalized spacial score (nSPS) is 13.9. The van der Waals surface area contributed by atoms with E-state index >= 15 is 0 Å². The van der Waals surface area contributed by atoms with Crippen molar-refractivity contribution in [1.29, 1.82) is 0 Å². The SMILES string of the molecule is O=C(NCc1ccco1)c1coc(CN(Cc2ccc(F)cc2)C2CC2)n1. The summed E-state index contributed by atoms with van der Waals surface area (Å²) in [7, 11) is 0. The van der Waals surface area contributed by atoms with Crippen molar-refractivity contribution in [3.8, 4) is 0 Å². The molecule has 1 saturated carbocycles. The summed E-state index contributed by atoms with van der Waals surface area (Å²) in [5, 5.41) is 2.74. The number of rotatable bonds is 8. The van der Waals surface area contributed by atoms with Crippen molar-refractivity contribution in [2.75, 3.05) is 0 Å². The molecule has 6 nitrogen and oxygen atoms in total. The first-order chi connectivity index (χ1) is 13.2. The van der Waals surface area contributed by atoms with E-state index in [4.69, 9.17) is 8.83 Å². The first-order valence-electron chi connectivity index (χ1n) is 8.91. The van der Waals surface area contributed by atoms with Crippen LogP contribution in [0.25, 0.3) is 0 Å². The predicted molar refractivity (Wildman–Crippen MR) is 95.1 cm³/mol. The summed E-state index contributed by atoms with van der Waals surface area (Å²) in [5.74, 6) is 0.617. The topological polar surface area (TPSA) is 71.5 Å². The van der Waals surface area contributed by atoms with Crippen LogP contribution in [0, 0.1) is 5.82 Å². The highest BCUT2D eigenvalue weighted by molar-refractivity contribution is 5.91. The van der Waals surface area contributed by atoms with Crippen LogP contribution in [0.15, 0.2) is 57.8 Å². The Hall–Kier alpha value is -2.93. The quantitative estimate of drug-likeness (QED) is 0.658. The number of benzene rings is 1. The third-order valence-electron chi connectivity index (χ3n) is 4.49. The molecule has 140 valence electrons. The molecule has 1 aliphatic rings. The monoisotopic (exact) mass is 369 g/mol. The molecular formula is C20H20FN3O3. The summed E-state index contributed by atoms with van der Waals surface area (Å²) in [4.78, 5) is 18.7. The molecule has 4 rings (SSSR count). The number of hydrogen-bond acceptors (Lipinski definition) is 5. The summed E-state index contributed by atoms with van der Waals surface area (Å²) in [6, 6.07) is 10.5. The van der Waals surface area contributed by atoms with Crippen LogP contribution in [0.1, 0.15) is 40.5 Å². The molecule has 0 unspecified atom stereocenters. The third kappa shape index (κ3) is 4.62. The van der Waals surface area contributed by atoms with Gasteiger partial charge in [-0.1, -0.05) is 12.1 Å². The fourth-order valence-electron chi connectivity index (χ4n) is 2.91. The number of carbonyl (C=O) groups is 1. The van der Waals surface area contributed by atoms with E-state index < -0.39 is 0 Å². The van der Waals surface area contributed by atoms with Crippen LogP contribution in [-0.2, 0) is 19.6 Å². The van der Waals surface area contributed by atoms with Gasteiger partial charge < -0.3 is 14.2 Å². The minimum Gasteiger partial charge on any atom is -0.467 e. The Morgan fingerprint density at radius 1 is 1.19 bits per heavy atom. The Labute approximate surface area is 156 Å². The maximum Gasteiger partial charge on any atom is 0.273 e. The molecule has 0 bridgehead atoms. The summed E-state index contributed by atoms with van der Waals surface area (Å²) in [6.45, 7) is 1.49. The van der Waals surface area contributed by atoms with Gasteiger partial charge in [0.1, 0.15) is 17.8 Å². The number of amides is 1. The molecule has 0 spiro atoms. The number of furan rings is 1. The van der Waals surface area contributed by atoms with Crippen molar-refractivity contribution in [1.82, 2.24) is 15.2 Å². The molecule has 1 fully saturated rings. The molecule has 0 atom stereocenters. The Morgan fingerprint density at radius 2 is 2.00 bits per heavy atom. The Morgan fingerprint density at radius 3 is 2.70 bits per heavy atom. The fraction of sp³-hybridized carbons (Fsp3) is 0.300. The molecule has 1 N–H and O–H groups in total. The molecule has 1 aromatic carbocycles. The number of carbonyl (C=O) groups excluding carboxylic acids is 1. The first kappa shape index (κ1) is 17.5. The zero-order valence-electron chi connectivity index (χ0n) is 14.7. The number of nitrogens with zero attached hydrogens (tertiary/aromatic N) is 2. The lowest BCUT2D eigenvalue weighted by molar-refractivity contribution is 0.0943. The van der Waals surface area contributed by atoms with Gasteiger partial charge in [-0.3, -0.25) is 9.69 Å². The van der Waals surface area contributed by atoms with Crippen LogP contribution >= 0.6 is 0 Å². The second-order valence-electron chi connectivity index (χ2n) is 6.65. The predicted octanol–water partition coefficient (Wildman–Crippen LogP) is 3.50. The van der Waals surface area contributed by atoms with Gasteiger partial charge in [-0.2, -0.15) is 0 Å². The van der Waals surface area contributed by atoms with E-state index in [2.05, 4.69) is 15.2 Å². The minimum atomic E-state index is -0.307. The highest BCUT2D eigenvalue weighted by Crippen LogP contribution is 2.29. The standard InChI is InChI=1S/C20H20FN3O3/c21-15-5-3-14(4-6-15)11-24(16-7-8-16)12-19-23-18(13-27-19)20(25)22-10-17-2-1-9-26-17/h1-6,9,13,16H,7-8,10-12H2,(H,22,25). The summed E-state index contributed by atoms with van der Waals surface area (Å²) in [6.07, 6.45) is 5.18. The molecule has 27 heavy (non-hydrogen) atoms. The van der Waals surface area contributed by atoms with Gasteiger partial charge in [0.25, 0.3) is 5.91 Å². The highest BCUT2D eigenvalue weighted by Gasteiger charge is 2.30. The second-order valence-corrected chi connectivity index (χ2v) is 6.65. The Balaban J connectivity index is 1.36. The van der Waals surface area contributed by atoms with Gasteiger partial charge in [-0.15, -0.1) is 0 Å². The van der Waals surface area contributed by atoms with E-state index in [0.29, 0.717) is 37.3 Å². The molecule has 1 amide bonds. The molecule has 7 heteroatoms. The van der Waals surface area contributed by atoms with Crippen molar-refractivity contribution in [3.05, 3.63) is 77.7 Å². The largest absolute Gasteiger partial charge is 0.467 e. The zero-order chi connectivity index (χ0) is 18.6. The Bertz CT molecular complexity index is 886. The van der Waals surface area contributed by atoms with Crippen LogP contribution in [0.3, 0.4) is 0 Å². The molecule has 1 aliphatic carbocycles. The minimum absolute atomic E-state index is 0.241. The summed E-state index contributed by atoms with van der Waals surface area (Å²) >= 11 is 0. The van der Waals surface area contributed by atoms with Gasteiger partial charge >= 0.3 is 0 Å². The van der Waals surface area contributed by atoms with Crippen molar-refractivity contribution in [3.63, 3.8) is 0 Å². The number of hydrogen-bond donors (Lipinski definition) is 1. The van der Waals surface area contributed by atoms with Crippen molar-refractivity contribution >= 4 is 5.91 Å². The van der Waals surface area contributed by atoms with E-state index in [1.165, 1.54) is 18.4 Å². The van der Waals surface area contributed by atoms with Gasteiger partial charge in [0, 0.05) is 12.6 Å². The molecule has 3 aromatic rings. The lowest BCUT2D eigenvalue weighted by atomic mass is 10.2. The van der Waals surface area contributed by atoms with Gasteiger partial charge in [-0.05, 0) is 42.7 Å². The van der Waals surface area contributed by atoms with Crippen LogP contribution in [0.5, 0.6) is 0 Å².